The van der Waals surface area contributed by atoms with Crippen molar-refractivity contribution in [2.75, 3.05) is 5.32 Å². The summed E-state index contributed by atoms with van der Waals surface area (Å²) in [4.78, 5) is 32.4. The van der Waals surface area contributed by atoms with Crippen molar-refractivity contribution in [1.82, 2.24) is 9.97 Å². The molecule has 0 spiro atoms. The van der Waals surface area contributed by atoms with Crippen molar-refractivity contribution in [2.45, 2.75) is 19.3 Å². The molecule has 0 bridgehead atoms. The van der Waals surface area contributed by atoms with Gasteiger partial charge in [0.05, 0.1) is 5.56 Å². The molecule has 0 saturated heterocycles. The van der Waals surface area contributed by atoms with Crippen LogP contribution in [0.1, 0.15) is 29.0 Å². The van der Waals surface area contributed by atoms with Crippen LogP contribution in [0, 0.1) is 6.92 Å². The van der Waals surface area contributed by atoms with Gasteiger partial charge in [0.25, 0.3) is 5.56 Å². The second kappa shape index (κ2) is 6.02. The fourth-order valence-electron chi connectivity index (χ4n) is 3.35. The number of benzene rings is 2. The third-order valence-electron chi connectivity index (χ3n) is 4.56. The highest BCUT2D eigenvalue weighted by Gasteiger charge is 2.31. The smallest absolute Gasteiger partial charge is 0.257 e. The predicted octanol–water partition coefficient (Wildman–Crippen LogP) is 3.22. The van der Waals surface area contributed by atoms with Gasteiger partial charge in [-0.05, 0) is 18.1 Å². The molecule has 2 N–H and O–H groups in total. The summed E-state index contributed by atoms with van der Waals surface area (Å²) in [5, 5.41) is 2.76. The number of carbonyl (C=O) groups excluding carboxylic acids is 1. The average Bonchev–Trinajstić information content (AvgIpc) is 2.62. The number of rotatable bonds is 2. The summed E-state index contributed by atoms with van der Waals surface area (Å²) < 4.78 is 0. The van der Waals surface area contributed by atoms with Crippen LogP contribution in [0.15, 0.2) is 59.4 Å². The fourth-order valence-corrected chi connectivity index (χ4v) is 3.35. The number of hydrogen-bond acceptors (Lipinski definition) is 3. The molecular formula is C20H17N3O2. The van der Waals surface area contributed by atoms with Gasteiger partial charge in [0.15, 0.2) is 0 Å². The number of hydrogen-bond donors (Lipinski definition) is 2. The lowest BCUT2D eigenvalue weighted by Gasteiger charge is -2.25. The molecule has 1 aromatic heterocycles. The SMILES string of the molecule is Cc1ccccc1[C@@H]1CC(=O)Nc2nc(-c3ccccc3)[nH]c(=O)c21. The lowest BCUT2D eigenvalue weighted by atomic mass is 9.84. The fraction of sp³-hybridized carbons (Fsp3) is 0.150. The van der Waals surface area contributed by atoms with Crippen LogP contribution in [0.25, 0.3) is 11.4 Å². The summed E-state index contributed by atoms with van der Waals surface area (Å²) in [5.41, 5.74) is 3.15. The van der Waals surface area contributed by atoms with E-state index in [9.17, 15) is 9.59 Å². The van der Waals surface area contributed by atoms with Crippen molar-refractivity contribution in [2.24, 2.45) is 0 Å². The minimum absolute atomic E-state index is 0.127. The van der Waals surface area contributed by atoms with Crippen molar-refractivity contribution in [1.29, 1.82) is 0 Å². The second-order valence-electron chi connectivity index (χ2n) is 6.20. The van der Waals surface area contributed by atoms with Crippen LogP contribution < -0.4 is 10.9 Å². The first-order valence-electron chi connectivity index (χ1n) is 8.18. The van der Waals surface area contributed by atoms with E-state index in [1.54, 1.807) is 0 Å². The summed E-state index contributed by atoms with van der Waals surface area (Å²) in [5.74, 6) is 0.395. The minimum atomic E-state index is -0.286. The lowest BCUT2D eigenvalue weighted by molar-refractivity contribution is -0.116. The van der Waals surface area contributed by atoms with Gasteiger partial charge in [-0.15, -0.1) is 0 Å². The molecule has 0 fully saturated rings. The van der Waals surface area contributed by atoms with Gasteiger partial charge in [-0.25, -0.2) is 4.98 Å². The Morgan fingerprint density at radius 2 is 1.72 bits per heavy atom. The van der Waals surface area contributed by atoms with Crippen LogP contribution in [-0.4, -0.2) is 15.9 Å². The van der Waals surface area contributed by atoms with Gasteiger partial charge in [-0.3, -0.25) is 9.59 Å². The van der Waals surface area contributed by atoms with E-state index in [4.69, 9.17) is 0 Å². The monoisotopic (exact) mass is 331 g/mol. The predicted molar refractivity (Wildman–Crippen MR) is 96.6 cm³/mol. The lowest BCUT2D eigenvalue weighted by Crippen LogP contribution is -2.31. The maximum atomic E-state index is 12.8. The molecule has 1 aliphatic heterocycles. The van der Waals surface area contributed by atoms with Gasteiger partial charge in [-0.2, -0.15) is 0 Å². The Hall–Kier alpha value is -3.21. The first kappa shape index (κ1) is 15.3. The van der Waals surface area contributed by atoms with E-state index >= 15 is 0 Å². The molecule has 5 heteroatoms. The molecule has 4 rings (SSSR count). The maximum Gasteiger partial charge on any atom is 0.257 e. The molecule has 0 saturated carbocycles. The van der Waals surface area contributed by atoms with Crippen molar-refractivity contribution >= 4 is 11.7 Å². The van der Waals surface area contributed by atoms with Crippen molar-refractivity contribution in [3.8, 4) is 11.4 Å². The third-order valence-corrected chi connectivity index (χ3v) is 4.56. The molecule has 124 valence electrons. The van der Waals surface area contributed by atoms with Gasteiger partial charge < -0.3 is 10.3 Å². The molecule has 2 heterocycles. The topological polar surface area (TPSA) is 74.8 Å². The Balaban J connectivity index is 1.89. The molecule has 0 unspecified atom stereocenters. The Morgan fingerprint density at radius 3 is 2.48 bits per heavy atom. The highest BCUT2D eigenvalue weighted by molar-refractivity contribution is 5.94. The van der Waals surface area contributed by atoms with Gasteiger partial charge in [-0.1, -0.05) is 54.6 Å². The number of fused-ring (bicyclic) bond motifs is 1. The Bertz CT molecular complexity index is 1010. The van der Waals surface area contributed by atoms with Crippen LogP contribution in [0.5, 0.6) is 0 Å². The van der Waals surface area contributed by atoms with Crippen LogP contribution in [-0.2, 0) is 4.79 Å². The largest absolute Gasteiger partial charge is 0.310 e. The quantitative estimate of drug-likeness (QED) is 0.757. The highest BCUT2D eigenvalue weighted by Crippen LogP contribution is 2.35. The first-order valence-corrected chi connectivity index (χ1v) is 8.18. The molecule has 2 aromatic carbocycles. The van der Waals surface area contributed by atoms with E-state index in [1.165, 1.54) is 0 Å². The molecule has 3 aromatic rings. The van der Waals surface area contributed by atoms with Crippen LogP contribution in [0.2, 0.25) is 0 Å². The molecular weight excluding hydrogens is 314 g/mol. The molecule has 1 atom stereocenters. The van der Waals surface area contributed by atoms with E-state index in [-0.39, 0.29) is 23.8 Å². The van der Waals surface area contributed by atoms with E-state index in [0.29, 0.717) is 17.2 Å². The summed E-state index contributed by atoms with van der Waals surface area (Å²) in [6, 6.07) is 17.2. The molecule has 5 nitrogen and oxygen atoms in total. The van der Waals surface area contributed by atoms with Gasteiger partial charge >= 0.3 is 0 Å². The molecule has 0 aliphatic carbocycles. The van der Waals surface area contributed by atoms with Crippen LogP contribution in [0.4, 0.5) is 5.82 Å². The number of aromatic amines is 1. The molecule has 1 amide bonds. The number of nitrogens with one attached hydrogen (secondary N) is 2. The first-order chi connectivity index (χ1) is 12.1. The van der Waals surface area contributed by atoms with Crippen molar-refractivity contribution < 1.29 is 4.79 Å². The molecule has 25 heavy (non-hydrogen) atoms. The summed E-state index contributed by atoms with van der Waals surface area (Å²) in [7, 11) is 0. The Labute approximate surface area is 144 Å². The summed E-state index contributed by atoms with van der Waals surface area (Å²) in [6.07, 6.45) is 0.243. The number of carbonyl (C=O) groups is 1. The standard InChI is InChI=1S/C20H17N3O2/c1-12-7-5-6-10-14(12)15-11-16(24)21-19-17(15)20(25)23-18(22-19)13-8-3-2-4-9-13/h2-10,15H,11H2,1H3,(H2,21,22,23,24,25)/t15-/m0/s1. The second-order valence-corrected chi connectivity index (χ2v) is 6.20. The van der Waals surface area contributed by atoms with Gasteiger partial charge in [0.2, 0.25) is 5.91 Å². The van der Waals surface area contributed by atoms with E-state index in [0.717, 1.165) is 16.7 Å². The zero-order valence-electron chi connectivity index (χ0n) is 13.7. The Morgan fingerprint density at radius 1 is 1.00 bits per heavy atom. The number of nitrogens with zero attached hydrogens (tertiary/aromatic N) is 1. The van der Waals surface area contributed by atoms with E-state index in [2.05, 4.69) is 15.3 Å². The third kappa shape index (κ3) is 2.74. The maximum absolute atomic E-state index is 12.8. The van der Waals surface area contributed by atoms with Crippen molar-refractivity contribution in [3.05, 3.63) is 81.6 Å². The van der Waals surface area contributed by atoms with Crippen molar-refractivity contribution in [3.63, 3.8) is 0 Å². The number of anilines is 1. The Kier molecular flexibility index (Phi) is 3.69. The van der Waals surface area contributed by atoms with Crippen LogP contribution >= 0.6 is 0 Å². The minimum Gasteiger partial charge on any atom is -0.310 e. The zero-order valence-corrected chi connectivity index (χ0v) is 13.7. The number of H-pyrrole nitrogens is 1. The van der Waals surface area contributed by atoms with Gasteiger partial charge in [0.1, 0.15) is 11.6 Å². The highest BCUT2D eigenvalue weighted by atomic mass is 16.2. The van der Waals surface area contributed by atoms with E-state index < -0.39 is 0 Å². The summed E-state index contributed by atoms with van der Waals surface area (Å²) >= 11 is 0. The molecule has 0 radical (unpaired) electrons. The average molecular weight is 331 g/mol. The normalized spacial score (nSPS) is 16.2. The number of aryl methyl sites for hydroxylation is 1. The number of aromatic nitrogens is 2. The van der Waals surface area contributed by atoms with Gasteiger partial charge in [0, 0.05) is 17.9 Å². The summed E-state index contributed by atoms with van der Waals surface area (Å²) in [6.45, 7) is 1.99. The molecule has 1 aliphatic rings. The van der Waals surface area contributed by atoms with Crippen LogP contribution in [0.3, 0.4) is 0 Å². The zero-order chi connectivity index (χ0) is 17.4. The number of amides is 1. The van der Waals surface area contributed by atoms with E-state index in [1.807, 2.05) is 61.5 Å².